The number of thioether (sulfide) groups is 1. The van der Waals surface area contributed by atoms with E-state index < -0.39 is 11.9 Å². The highest BCUT2D eigenvalue weighted by molar-refractivity contribution is 7.99. The van der Waals surface area contributed by atoms with E-state index in [4.69, 9.17) is 15.2 Å². The van der Waals surface area contributed by atoms with Gasteiger partial charge in [0, 0.05) is 23.3 Å². The standard InChI is InChI=1S/C12H17FN2O2S/c1-2-16-12-10(13)8(3-4-15-12)11(14)9-7-18-6-5-17-9/h3-4,9,11H,2,5-7,14H2,1H3. The highest BCUT2D eigenvalue weighted by atomic mass is 32.2. The average molecular weight is 272 g/mol. The molecular formula is C12H17FN2O2S. The number of aromatic nitrogens is 1. The van der Waals surface area contributed by atoms with E-state index in [2.05, 4.69) is 4.98 Å². The van der Waals surface area contributed by atoms with Crippen molar-refractivity contribution < 1.29 is 13.9 Å². The molecule has 1 fully saturated rings. The number of rotatable bonds is 4. The molecule has 2 atom stereocenters. The minimum atomic E-state index is -0.486. The molecule has 0 saturated carbocycles. The smallest absolute Gasteiger partial charge is 0.250 e. The zero-order valence-corrected chi connectivity index (χ0v) is 11.1. The summed E-state index contributed by atoms with van der Waals surface area (Å²) in [6.07, 6.45) is 1.36. The monoisotopic (exact) mass is 272 g/mol. The van der Waals surface area contributed by atoms with Gasteiger partial charge in [-0.1, -0.05) is 0 Å². The lowest BCUT2D eigenvalue weighted by Gasteiger charge is -2.28. The van der Waals surface area contributed by atoms with Crippen LogP contribution in [0.2, 0.25) is 0 Å². The molecule has 2 rings (SSSR count). The van der Waals surface area contributed by atoms with Gasteiger partial charge < -0.3 is 15.2 Å². The van der Waals surface area contributed by atoms with E-state index in [-0.39, 0.29) is 12.0 Å². The number of pyridine rings is 1. The molecule has 1 aromatic heterocycles. The zero-order chi connectivity index (χ0) is 13.0. The zero-order valence-electron chi connectivity index (χ0n) is 10.3. The maximum absolute atomic E-state index is 14.1. The highest BCUT2D eigenvalue weighted by Crippen LogP contribution is 2.28. The van der Waals surface area contributed by atoms with Crippen LogP contribution in [0.15, 0.2) is 12.3 Å². The van der Waals surface area contributed by atoms with Gasteiger partial charge in [-0.05, 0) is 13.0 Å². The lowest BCUT2D eigenvalue weighted by Crippen LogP contribution is -2.35. The molecule has 1 aromatic rings. The molecule has 2 N–H and O–H groups in total. The fourth-order valence-electron chi connectivity index (χ4n) is 1.85. The normalized spacial score (nSPS) is 21.6. The fraction of sp³-hybridized carbons (Fsp3) is 0.583. The Morgan fingerprint density at radius 2 is 2.56 bits per heavy atom. The fourth-order valence-corrected chi connectivity index (χ4v) is 2.76. The predicted octanol–water partition coefficient (Wildman–Crippen LogP) is 1.75. The van der Waals surface area contributed by atoms with Crippen LogP contribution in [-0.2, 0) is 4.74 Å². The maximum Gasteiger partial charge on any atom is 0.250 e. The molecule has 0 amide bonds. The molecule has 2 unspecified atom stereocenters. The molecular weight excluding hydrogens is 255 g/mol. The molecule has 0 aromatic carbocycles. The van der Waals surface area contributed by atoms with Crippen molar-refractivity contribution in [2.45, 2.75) is 19.1 Å². The van der Waals surface area contributed by atoms with Gasteiger partial charge in [0.2, 0.25) is 0 Å². The molecule has 1 aliphatic rings. The Morgan fingerprint density at radius 1 is 1.72 bits per heavy atom. The van der Waals surface area contributed by atoms with Crippen LogP contribution >= 0.6 is 11.8 Å². The predicted molar refractivity (Wildman–Crippen MR) is 69.4 cm³/mol. The number of hydrogen-bond donors (Lipinski definition) is 1. The third-order valence-corrected chi connectivity index (χ3v) is 3.79. The van der Waals surface area contributed by atoms with Crippen LogP contribution in [-0.4, -0.2) is 35.8 Å². The molecule has 1 saturated heterocycles. The van der Waals surface area contributed by atoms with Gasteiger partial charge in [-0.25, -0.2) is 9.37 Å². The van der Waals surface area contributed by atoms with Gasteiger partial charge in [-0.2, -0.15) is 11.8 Å². The van der Waals surface area contributed by atoms with E-state index in [1.807, 2.05) is 0 Å². The van der Waals surface area contributed by atoms with E-state index in [9.17, 15) is 4.39 Å². The summed E-state index contributed by atoms with van der Waals surface area (Å²) in [5, 5.41) is 0. The van der Waals surface area contributed by atoms with Crippen molar-refractivity contribution in [3.8, 4) is 5.88 Å². The van der Waals surface area contributed by atoms with Crippen molar-refractivity contribution in [1.82, 2.24) is 4.98 Å². The number of nitrogens with two attached hydrogens (primary N) is 1. The van der Waals surface area contributed by atoms with Crippen molar-refractivity contribution in [2.75, 3.05) is 24.7 Å². The third kappa shape index (κ3) is 2.93. The van der Waals surface area contributed by atoms with Crippen molar-refractivity contribution in [1.29, 1.82) is 0 Å². The molecule has 0 spiro atoms. The summed E-state index contributed by atoms with van der Waals surface area (Å²) in [4.78, 5) is 3.86. The quantitative estimate of drug-likeness (QED) is 0.905. The average Bonchev–Trinajstić information content (AvgIpc) is 2.42. The molecule has 100 valence electrons. The molecule has 1 aliphatic heterocycles. The maximum atomic E-state index is 14.1. The summed E-state index contributed by atoms with van der Waals surface area (Å²) in [5.74, 6) is 1.28. The Kier molecular flexibility index (Phi) is 4.79. The SMILES string of the molecule is CCOc1nccc(C(N)C2CSCCO2)c1F. The largest absolute Gasteiger partial charge is 0.476 e. The van der Waals surface area contributed by atoms with Crippen LogP contribution in [0.1, 0.15) is 18.5 Å². The number of halogens is 1. The van der Waals surface area contributed by atoms with Gasteiger partial charge in [-0.15, -0.1) is 0 Å². The summed E-state index contributed by atoms with van der Waals surface area (Å²) in [7, 11) is 0. The van der Waals surface area contributed by atoms with Gasteiger partial charge in [0.05, 0.1) is 25.4 Å². The van der Waals surface area contributed by atoms with Gasteiger partial charge in [0.25, 0.3) is 5.88 Å². The van der Waals surface area contributed by atoms with E-state index in [0.717, 1.165) is 11.5 Å². The second-order valence-electron chi connectivity index (χ2n) is 3.96. The lowest BCUT2D eigenvalue weighted by atomic mass is 10.0. The van der Waals surface area contributed by atoms with Crippen LogP contribution in [0.25, 0.3) is 0 Å². The second-order valence-corrected chi connectivity index (χ2v) is 5.11. The molecule has 2 heterocycles. The molecule has 6 heteroatoms. The number of hydrogen-bond acceptors (Lipinski definition) is 5. The molecule has 0 aliphatic carbocycles. The minimum absolute atomic E-state index is 0.00825. The highest BCUT2D eigenvalue weighted by Gasteiger charge is 2.26. The van der Waals surface area contributed by atoms with Gasteiger partial charge in [0.15, 0.2) is 5.82 Å². The summed E-state index contributed by atoms with van der Waals surface area (Å²) >= 11 is 1.77. The molecule has 18 heavy (non-hydrogen) atoms. The first-order chi connectivity index (χ1) is 8.74. The van der Waals surface area contributed by atoms with E-state index in [1.54, 1.807) is 24.8 Å². The van der Waals surface area contributed by atoms with Crippen LogP contribution < -0.4 is 10.5 Å². The van der Waals surface area contributed by atoms with Gasteiger partial charge in [0.1, 0.15) is 0 Å². The Morgan fingerprint density at radius 3 is 3.22 bits per heavy atom. The van der Waals surface area contributed by atoms with E-state index >= 15 is 0 Å². The van der Waals surface area contributed by atoms with Gasteiger partial charge in [-0.3, -0.25) is 0 Å². The summed E-state index contributed by atoms with van der Waals surface area (Å²) in [6.45, 7) is 2.82. The summed E-state index contributed by atoms with van der Waals surface area (Å²) in [6, 6.07) is 1.10. The third-order valence-electron chi connectivity index (χ3n) is 2.77. The summed E-state index contributed by atoms with van der Waals surface area (Å²) in [5.41, 5.74) is 6.48. The first-order valence-electron chi connectivity index (χ1n) is 5.96. The van der Waals surface area contributed by atoms with Crippen molar-refractivity contribution in [3.63, 3.8) is 0 Å². The number of nitrogens with zero attached hydrogens (tertiary/aromatic N) is 1. The lowest BCUT2D eigenvalue weighted by molar-refractivity contribution is 0.0559. The van der Waals surface area contributed by atoms with Crippen molar-refractivity contribution >= 4 is 11.8 Å². The van der Waals surface area contributed by atoms with Crippen molar-refractivity contribution in [2.24, 2.45) is 5.73 Å². The second kappa shape index (κ2) is 6.36. The molecule has 4 nitrogen and oxygen atoms in total. The summed E-state index contributed by atoms with van der Waals surface area (Å²) < 4.78 is 24.8. The number of ether oxygens (including phenoxy) is 2. The Balaban J connectivity index is 2.18. The first kappa shape index (κ1) is 13.6. The van der Waals surface area contributed by atoms with Crippen LogP contribution in [0.5, 0.6) is 5.88 Å². The Labute approximate surface area is 110 Å². The Hall–Kier alpha value is -0.850. The topological polar surface area (TPSA) is 57.4 Å². The van der Waals surface area contributed by atoms with Crippen LogP contribution in [0.4, 0.5) is 4.39 Å². The van der Waals surface area contributed by atoms with Gasteiger partial charge >= 0.3 is 0 Å². The van der Waals surface area contributed by atoms with E-state index in [0.29, 0.717) is 18.8 Å². The van der Waals surface area contributed by atoms with E-state index in [1.165, 1.54) is 6.20 Å². The van der Waals surface area contributed by atoms with Crippen LogP contribution in [0.3, 0.4) is 0 Å². The minimum Gasteiger partial charge on any atom is -0.476 e. The molecule has 0 radical (unpaired) electrons. The Bertz CT molecular complexity index is 400. The molecule has 0 bridgehead atoms. The van der Waals surface area contributed by atoms with Crippen LogP contribution in [0, 0.1) is 5.82 Å². The van der Waals surface area contributed by atoms with Crippen molar-refractivity contribution in [3.05, 3.63) is 23.6 Å². The first-order valence-corrected chi connectivity index (χ1v) is 7.11.